The predicted molar refractivity (Wildman–Crippen MR) is 82.1 cm³/mol. The molecule has 0 saturated heterocycles. The molecule has 0 unspecified atom stereocenters. The number of hydrogen-bond donors (Lipinski definition) is 1. The average Bonchev–Trinajstić information content (AvgIpc) is 2.91. The van der Waals surface area contributed by atoms with Crippen LogP contribution in [-0.4, -0.2) is 56.5 Å². The van der Waals surface area contributed by atoms with Crippen LogP contribution >= 0.6 is 11.3 Å². The van der Waals surface area contributed by atoms with Gasteiger partial charge in [0.1, 0.15) is 6.61 Å². The van der Waals surface area contributed by atoms with E-state index in [1.807, 2.05) is 11.4 Å². The van der Waals surface area contributed by atoms with Crippen LogP contribution in [0.4, 0.5) is 0 Å². The fourth-order valence-corrected chi connectivity index (χ4v) is 2.27. The van der Waals surface area contributed by atoms with E-state index in [2.05, 4.69) is 11.8 Å². The van der Waals surface area contributed by atoms with Gasteiger partial charge < -0.3 is 19.5 Å². The van der Waals surface area contributed by atoms with Crippen LogP contribution in [0.25, 0.3) is 0 Å². The standard InChI is InChI=1S/C15H21NO4S/c1-16(15(18)11-20-8-7-19-2)10-13-9-14(21-12-13)5-3-4-6-17/h9,12,17H,4,6-8,10-11H2,1-2H3. The monoisotopic (exact) mass is 311 g/mol. The van der Waals surface area contributed by atoms with Gasteiger partial charge in [0.2, 0.25) is 5.91 Å². The van der Waals surface area contributed by atoms with Crippen molar-refractivity contribution < 1.29 is 19.4 Å². The maximum absolute atomic E-state index is 11.8. The second kappa shape index (κ2) is 10.4. The summed E-state index contributed by atoms with van der Waals surface area (Å²) >= 11 is 1.54. The minimum Gasteiger partial charge on any atom is -0.395 e. The fraction of sp³-hybridized carbons (Fsp3) is 0.533. The fourth-order valence-electron chi connectivity index (χ4n) is 1.50. The van der Waals surface area contributed by atoms with E-state index in [0.717, 1.165) is 10.4 Å². The Morgan fingerprint density at radius 2 is 2.29 bits per heavy atom. The Hall–Kier alpha value is -1.39. The number of nitrogens with zero attached hydrogens (tertiary/aromatic N) is 1. The van der Waals surface area contributed by atoms with Crippen molar-refractivity contribution in [3.63, 3.8) is 0 Å². The summed E-state index contributed by atoms with van der Waals surface area (Å²) in [6.07, 6.45) is 0.477. The van der Waals surface area contributed by atoms with Gasteiger partial charge in [0.15, 0.2) is 0 Å². The summed E-state index contributed by atoms with van der Waals surface area (Å²) < 4.78 is 10.1. The van der Waals surface area contributed by atoms with Crippen molar-refractivity contribution in [1.82, 2.24) is 4.90 Å². The number of carbonyl (C=O) groups is 1. The first-order valence-corrected chi connectivity index (χ1v) is 7.53. The quantitative estimate of drug-likeness (QED) is 0.577. The zero-order valence-electron chi connectivity index (χ0n) is 12.4. The second-order valence-corrected chi connectivity index (χ2v) is 5.30. The molecule has 0 spiro atoms. The van der Waals surface area contributed by atoms with Gasteiger partial charge in [0.25, 0.3) is 0 Å². The lowest BCUT2D eigenvalue weighted by atomic mass is 10.3. The van der Waals surface area contributed by atoms with E-state index in [1.54, 1.807) is 19.1 Å². The molecular formula is C15H21NO4S. The molecule has 0 atom stereocenters. The summed E-state index contributed by atoms with van der Waals surface area (Å²) in [7, 11) is 3.34. The summed E-state index contributed by atoms with van der Waals surface area (Å²) in [6, 6.07) is 1.96. The van der Waals surface area contributed by atoms with Gasteiger partial charge in [0, 0.05) is 27.1 Å². The molecule has 0 fully saturated rings. The van der Waals surface area contributed by atoms with E-state index in [4.69, 9.17) is 14.6 Å². The lowest BCUT2D eigenvalue weighted by molar-refractivity contribution is -0.135. The molecule has 6 heteroatoms. The van der Waals surface area contributed by atoms with Crippen LogP contribution in [-0.2, 0) is 20.8 Å². The average molecular weight is 311 g/mol. The molecule has 0 aliphatic heterocycles. The van der Waals surface area contributed by atoms with Gasteiger partial charge in [-0.15, -0.1) is 11.3 Å². The van der Waals surface area contributed by atoms with Crippen molar-refractivity contribution >= 4 is 17.2 Å². The summed E-state index contributed by atoms with van der Waals surface area (Å²) in [5.41, 5.74) is 1.04. The topological polar surface area (TPSA) is 59.0 Å². The molecule has 21 heavy (non-hydrogen) atoms. The smallest absolute Gasteiger partial charge is 0.248 e. The van der Waals surface area contributed by atoms with Crippen LogP contribution in [0.1, 0.15) is 16.9 Å². The van der Waals surface area contributed by atoms with Gasteiger partial charge in [0.05, 0.1) is 24.7 Å². The number of aliphatic hydroxyl groups excluding tert-OH is 1. The molecule has 1 aromatic rings. The van der Waals surface area contributed by atoms with Crippen molar-refractivity contribution in [2.75, 3.05) is 40.6 Å². The van der Waals surface area contributed by atoms with Gasteiger partial charge >= 0.3 is 0 Å². The van der Waals surface area contributed by atoms with Crippen LogP contribution in [0.2, 0.25) is 0 Å². The number of aliphatic hydroxyl groups is 1. The number of ether oxygens (including phenoxy) is 2. The van der Waals surface area contributed by atoms with Gasteiger partial charge in [-0.1, -0.05) is 11.8 Å². The van der Waals surface area contributed by atoms with Crippen LogP contribution in [0, 0.1) is 11.8 Å². The summed E-state index contributed by atoms with van der Waals surface area (Å²) in [4.78, 5) is 14.4. The highest BCUT2D eigenvalue weighted by molar-refractivity contribution is 7.10. The Morgan fingerprint density at radius 3 is 3.00 bits per heavy atom. The molecule has 0 aromatic carbocycles. The number of thiophene rings is 1. The van der Waals surface area contributed by atoms with Crippen molar-refractivity contribution in [2.45, 2.75) is 13.0 Å². The molecule has 0 aliphatic rings. The first-order chi connectivity index (χ1) is 10.2. The first kappa shape index (κ1) is 17.7. The van der Waals surface area contributed by atoms with Crippen molar-refractivity contribution in [2.24, 2.45) is 0 Å². The zero-order chi connectivity index (χ0) is 15.5. The Balaban J connectivity index is 2.38. The zero-order valence-corrected chi connectivity index (χ0v) is 13.2. The number of rotatable bonds is 8. The predicted octanol–water partition coefficient (Wildman–Crippen LogP) is 1.10. The second-order valence-electron chi connectivity index (χ2n) is 4.39. The summed E-state index contributed by atoms with van der Waals surface area (Å²) in [5.74, 6) is 5.80. The Morgan fingerprint density at radius 1 is 1.48 bits per heavy atom. The van der Waals surface area contributed by atoms with Gasteiger partial charge in [-0.2, -0.15) is 0 Å². The Labute approximate surface area is 129 Å². The van der Waals surface area contributed by atoms with Crippen LogP contribution in [0.5, 0.6) is 0 Å². The van der Waals surface area contributed by atoms with Crippen LogP contribution in [0.15, 0.2) is 11.4 Å². The normalized spacial score (nSPS) is 10.0. The molecule has 1 N–H and O–H groups in total. The summed E-state index contributed by atoms with van der Waals surface area (Å²) in [6.45, 7) is 1.57. The Bertz CT molecular complexity index is 489. The third-order valence-corrected chi connectivity index (χ3v) is 3.50. The number of methoxy groups -OCH3 is 1. The van der Waals surface area contributed by atoms with E-state index in [9.17, 15) is 4.79 Å². The molecule has 5 nitrogen and oxygen atoms in total. The number of hydrogen-bond acceptors (Lipinski definition) is 5. The first-order valence-electron chi connectivity index (χ1n) is 6.65. The van der Waals surface area contributed by atoms with Crippen molar-refractivity contribution in [1.29, 1.82) is 0 Å². The highest BCUT2D eigenvalue weighted by Gasteiger charge is 2.10. The largest absolute Gasteiger partial charge is 0.395 e. The van der Waals surface area contributed by atoms with Gasteiger partial charge in [-0.3, -0.25) is 4.79 Å². The lowest BCUT2D eigenvalue weighted by Gasteiger charge is -2.16. The molecule has 116 valence electrons. The maximum atomic E-state index is 11.8. The van der Waals surface area contributed by atoms with Crippen LogP contribution < -0.4 is 0 Å². The molecule has 1 heterocycles. The summed E-state index contributed by atoms with van der Waals surface area (Å²) in [5, 5.41) is 10.7. The number of carbonyl (C=O) groups excluding carboxylic acids is 1. The molecule has 0 saturated carbocycles. The van der Waals surface area contributed by atoms with E-state index in [-0.39, 0.29) is 19.1 Å². The minimum atomic E-state index is -0.0646. The third kappa shape index (κ3) is 7.25. The molecule has 0 radical (unpaired) electrons. The molecule has 0 aliphatic carbocycles. The third-order valence-electron chi connectivity index (χ3n) is 2.60. The van der Waals surface area contributed by atoms with Crippen LogP contribution in [0.3, 0.4) is 0 Å². The van der Waals surface area contributed by atoms with E-state index in [1.165, 1.54) is 11.3 Å². The highest BCUT2D eigenvalue weighted by Crippen LogP contribution is 2.15. The maximum Gasteiger partial charge on any atom is 0.248 e. The van der Waals surface area contributed by atoms with Crippen molar-refractivity contribution in [3.8, 4) is 11.8 Å². The number of likely N-dealkylation sites (N-methyl/N-ethyl adjacent to an activating group) is 1. The van der Waals surface area contributed by atoms with Crippen molar-refractivity contribution in [3.05, 3.63) is 21.9 Å². The molecule has 1 amide bonds. The van der Waals surface area contributed by atoms with E-state index < -0.39 is 0 Å². The molecule has 1 rings (SSSR count). The van der Waals surface area contributed by atoms with E-state index in [0.29, 0.717) is 26.2 Å². The molecule has 1 aromatic heterocycles. The van der Waals surface area contributed by atoms with Gasteiger partial charge in [-0.05, 0) is 17.0 Å². The SMILES string of the molecule is COCCOCC(=O)N(C)Cc1csc(C#CCCO)c1. The molecular weight excluding hydrogens is 290 g/mol. The van der Waals surface area contributed by atoms with Gasteiger partial charge in [-0.25, -0.2) is 0 Å². The molecule has 0 bridgehead atoms. The number of amides is 1. The lowest BCUT2D eigenvalue weighted by Crippen LogP contribution is -2.30. The Kier molecular flexibility index (Phi) is 8.71. The highest BCUT2D eigenvalue weighted by atomic mass is 32.1. The minimum absolute atomic E-state index is 0.0627. The van der Waals surface area contributed by atoms with E-state index >= 15 is 0 Å².